The minimum absolute atomic E-state index is 0.230. The minimum Gasteiger partial charge on any atom is -0.396 e. The van der Waals surface area contributed by atoms with Crippen molar-refractivity contribution in [3.63, 3.8) is 0 Å². The normalized spacial score (nSPS) is 8.36. The molecule has 0 saturated carbocycles. The van der Waals surface area contributed by atoms with Gasteiger partial charge in [-0.3, -0.25) is 0 Å². The molecule has 0 saturated heterocycles. The standard InChI is InChI=1S/C4H10O2.C4H8O/c1-6-4-2-3-5;1-3-4(2)5/h5H,2-4H2,1H3;3H2,1-2H3. The molecule has 3 nitrogen and oxygen atoms in total. The average molecular weight is 162 g/mol. The summed E-state index contributed by atoms with van der Waals surface area (Å²) in [6.07, 6.45) is 1.41. The number of methoxy groups -OCH3 is 1. The summed E-state index contributed by atoms with van der Waals surface area (Å²) in [6.45, 7) is 4.33. The van der Waals surface area contributed by atoms with E-state index in [9.17, 15) is 4.79 Å². The van der Waals surface area contributed by atoms with Gasteiger partial charge in [-0.05, 0) is 13.3 Å². The molecule has 0 heterocycles. The summed E-state index contributed by atoms with van der Waals surface area (Å²) in [5.41, 5.74) is 0. The van der Waals surface area contributed by atoms with Crippen molar-refractivity contribution in [3.05, 3.63) is 0 Å². The predicted octanol–water partition coefficient (Wildman–Crippen LogP) is 1.00. The van der Waals surface area contributed by atoms with Crippen LogP contribution in [0.1, 0.15) is 26.7 Å². The number of rotatable bonds is 4. The molecule has 68 valence electrons. The fourth-order valence-electron chi connectivity index (χ4n) is 0.209. The van der Waals surface area contributed by atoms with Crippen LogP contribution in [0.2, 0.25) is 0 Å². The lowest BCUT2D eigenvalue weighted by Gasteiger charge is -1.89. The topological polar surface area (TPSA) is 46.5 Å². The first-order valence-electron chi connectivity index (χ1n) is 3.78. The molecule has 0 amide bonds. The number of aliphatic hydroxyl groups is 1. The molecule has 3 heteroatoms. The van der Waals surface area contributed by atoms with E-state index in [1.807, 2.05) is 6.92 Å². The van der Waals surface area contributed by atoms with Gasteiger partial charge in [-0.2, -0.15) is 0 Å². The van der Waals surface area contributed by atoms with Crippen molar-refractivity contribution in [1.29, 1.82) is 0 Å². The Labute approximate surface area is 68.4 Å². The van der Waals surface area contributed by atoms with Crippen molar-refractivity contribution < 1.29 is 14.6 Å². The Morgan fingerprint density at radius 1 is 1.55 bits per heavy atom. The molecule has 0 spiro atoms. The highest BCUT2D eigenvalue weighted by Crippen LogP contribution is 1.73. The molecule has 0 aromatic carbocycles. The Kier molecular flexibility index (Phi) is 14.7. The Hall–Kier alpha value is -0.410. The Morgan fingerprint density at radius 2 is 2.00 bits per heavy atom. The second-order valence-corrected chi connectivity index (χ2v) is 2.13. The van der Waals surface area contributed by atoms with Crippen molar-refractivity contribution >= 4 is 5.78 Å². The van der Waals surface area contributed by atoms with Gasteiger partial charge in [-0.1, -0.05) is 6.92 Å². The van der Waals surface area contributed by atoms with E-state index < -0.39 is 0 Å². The first-order valence-corrected chi connectivity index (χ1v) is 3.78. The van der Waals surface area contributed by atoms with Gasteiger partial charge in [-0.15, -0.1) is 0 Å². The highest BCUT2D eigenvalue weighted by atomic mass is 16.5. The average Bonchev–Trinajstić information content (AvgIpc) is 2.02. The fraction of sp³-hybridized carbons (Fsp3) is 0.875. The van der Waals surface area contributed by atoms with Crippen LogP contribution in [-0.2, 0) is 9.53 Å². The van der Waals surface area contributed by atoms with E-state index in [1.54, 1.807) is 14.0 Å². The molecule has 0 unspecified atom stereocenters. The van der Waals surface area contributed by atoms with Gasteiger partial charge in [0.25, 0.3) is 0 Å². The van der Waals surface area contributed by atoms with E-state index in [0.717, 1.165) is 6.42 Å². The molecular formula is C8H18O3. The summed E-state index contributed by atoms with van der Waals surface area (Å²) in [4.78, 5) is 9.81. The van der Waals surface area contributed by atoms with E-state index in [4.69, 9.17) is 5.11 Å². The van der Waals surface area contributed by atoms with E-state index in [2.05, 4.69) is 4.74 Å². The van der Waals surface area contributed by atoms with Crippen molar-refractivity contribution in [1.82, 2.24) is 0 Å². The lowest BCUT2D eigenvalue weighted by molar-refractivity contribution is -0.116. The third-order valence-electron chi connectivity index (χ3n) is 1.00. The van der Waals surface area contributed by atoms with Crippen LogP contribution in [0.5, 0.6) is 0 Å². The number of carbonyl (C=O) groups is 1. The van der Waals surface area contributed by atoms with Gasteiger partial charge in [0.15, 0.2) is 0 Å². The van der Waals surface area contributed by atoms with E-state index in [0.29, 0.717) is 13.0 Å². The van der Waals surface area contributed by atoms with Gasteiger partial charge in [-0.25, -0.2) is 0 Å². The zero-order valence-corrected chi connectivity index (χ0v) is 7.59. The summed E-state index contributed by atoms with van der Waals surface area (Å²) in [6, 6.07) is 0. The molecule has 0 bridgehead atoms. The molecule has 0 fully saturated rings. The summed E-state index contributed by atoms with van der Waals surface area (Å²) in [7, 11) is 1.62. The molecule has 0 aromatic rings. The summed E-state index contributed by atoms with van der Waals surface area (Å²) in [5, 5.41) is 8.12. The lowest BCUT2D eigenvalue weighted by atomic mass is 10.4. The van der Waals surface area contributed by atoms with Crippen LogP contribution in [-0.4, -0.2) is 31.2 Å². The van der Waals surface area contributed by atoms with Crippen molar-refractivity contribution in [3.8, 4) is 0 Å². The van der Waals surface area contributed by atoms with Crippen molar-refractivity contribution in [2.45, 2.75) is 26.7 Å². The van der Waals surface area contributed by atoms with Crippen LogP contribution >= 0.6 is 0 Å². The summed E-state index contributed by atoms with van der Waals surface area (Å²) < 4.78 is 4.62. The molecule has 0 aromatic heterocycles. The van der Waals surface area contributed by atoms with Crippen molar-refractivity contribution in [2.24, 2.45) is 0 Å². The van der Waals surface area contributed by atoms with Gasteiger partial charge in [0, 0.05) is 26.7 Å². The third kappa shape index (κ3) is 26.2. The van der Waals surface area contributed by atoms with Gasteiger partial charge in [0.05, 0.1) is 0 Å². The molecule has 0 aliphatic heterocycles. The molecule has 0 rings (SSSR count). The van der Waals surface area contributed by atoms with Crippen LogP contribution in [0.4, 0.5) is 0 Å². The number of carbonyl (C=O) groups excluding carboxylic acids is 1. The number of Topliss-reactive ketones (excluding diaryl/α,β-unsaturated/α-hetero) is 1. The third-order valence-corrected chi connectivity index (χ3v) is 1.00. The number of hydrogen-bond donors (Lipinski definition) is 1. The first kappa shape index (κ1) is 13.2. The zero-order chi connectivity index (χ0) is 9.11. The Morgan fingerprint density at radius 3 is 2.09 bits per heavy atom. The molecule has 1 N–H and O–H groups in total. The first-order chi connectivity index (χ1) is 5.18. The van der Waals surface area contributed by atoms with Gasteiger partial charge < -0.3 is 14.6 Å². The zero-order valence-electron chi connectivity index (χ0n) is 7.59. The molecule has 0 aliphatic carbocycles. The fourth-order valence-corrected chi connectivity index (χ4v) is 0.209. The SMILES string of the molecule is CCC(C)=O.COCCCO. The Balaban J connectivity index is 0. The van der Waals surface area contributed by atoms with Crippen LogP contribution < -0.4 is 0 Å². The predicted molar refractivity (Wildman–Crippen MR) is 44.6 cm³/mol. The summed E-state index contributed by atoms with van der Waals surface area (Å²) >= 11 is 0. The maximum Gasteiger partial charge on any atom is 0.129 e. The quantitative estimate of drug-likeness (QED) is 0.627. The minimum atomic E-state index is 0.230. The van der Waals surface area contributed by atoms with Crippen LogP contribution in [0.25, 0.3) is 0 Å². The second kappa shape index (κ2) is 12.3. The van der Waals surface area contributed by atoms with Gasteiger partial charge in [0.1, 0.15) is 5.78 Å². The molecular weight excluding hydrogens is 144 g/mol. The number of aliphatic hydroxyl groups excluding tert-OH is 1. The van der Waals surface area contributed by atoms with E-state index in [-0.39, 0.29) is 12.4 Å². The molecule has 0 aliphatic rings. The second-order valence-electron chi connectivity index (χ2n) is 2.13. The monoisotopic (exact) mass is 162 g/mol. The van der Waals surface area contributed by atoms with E-state index in [1.165, 1.54) is 0 Å². The maximum atomic E-state index is 9.81. The maximum absolute atomic E-state index is 9.81. The highest BCUT2D eigenvalue weighted by Gasteiger charge is 1.77. The lowest BCUT2D eigenvalue weighted by Crippen LogP contribution is -1.90. The molecule has 11 heavy (non-hydrogen) atoms. The molecule has 0 radical (unpaired) electrons. The van der Waals surface area contributed by atoms with Crippen LogP contribution in [0, 0.1) is 0 Å². The molecule has 0 atom stereocenters. The van der Waals surface area contributed by atoms with Gasteiger partial charge in [0.2, 0.25) is 0 Å². The van der Waals surface area contributed by atoms with Gasteiger partial charge >= 0.3 is 0 Å². The number of ketones is 1. The van der Waals surface area contributed by atoms with Crippen LogP contribution in [0.15, 0.2) is 0 Å². The highest BCUT2D eigenvalue weighted by molar-refractivity contribution is 5.74. The van der Waals surface area contributed by atoms with E-state index >= 15 is 0 Å². The van der Waals surface area contributed by atoms with Crippen molar-refractivity contribution in [2.75, 3.05) is 20.3 Å². The Bertz CT molecular complexity index is 77.4. The summed E-state index contributed by atoms with van der Waals surface area (Å²) in [5.74, 6) is 0.255. The number of hydrogen-bond acceptors (Lipinski definition) is 3. The van der Waals surface area contributed by atoms with Crippen LogP contribution in [0.3, 0.4) is 0 Å². The number of ether oxygens (including phenoxy) is 1. The largest absolute Gasteiger partial charge is 0.396 e. The smallest absolute Gasteiger partial charge is 0.129 e.